The van der Waals surface area contributed by atoms with Crippen molar-refractivity contribution in [3.05, 3.63) is 45.9 Å². The molecule has 0 aliphatic rings. The number of carbonyl (C=O) groups is 1. The van der Waals surface area contributed by atoms with Crippen molar-refractivity contribution in [2.45, 2.75) is 6.92 Å². The molecule has 3 nitrogen and oxygen atoms in total. The molecule has 0 heterocycles. The molecule has 0 saturated heterocycles. The summed E-state index contributed by atoms with van der Waals surface area (Å²) in [7, 11) is 1.55. The molecule has 110 valence electrons. The average molecular weight is 325 g/mol. The Hall–Kier alpha value is -1.71. The molecule has 0 fully saturated rings. The van der Waals surface area contributed by atoms with Crippen LogP contribution in [-0.2, 0) is 0 Å². The highest BCUT2D eigenvalue weighted by molar-refractivity contribution is 6.36. The number of ether oxygens (including phenoxy) is 2. The minimum absolute atomic E-state index is 0.448. The fourth-order valence-electron chi connectivity index (χ4n) is 2.01. The first-order chi connectivity index (χ1) is 10.1. The van der Waals surface area contributed by atoms with Crippen molar-refractivity contribution in [3.8, 4) is 22.6 Å². The van der Waals surface area contributed by atoms with Crippen molar-refractivity contribution in [2.75, 3.05) is 13.7 Å². The fourth-order valence-corrected chi connectivity index (χ4v) is 2.49. The first kappa shape index (κ1) is 15.7. The maximum absolute atomic E-state index is 11.3. The van der Waals surface area contributed by atoms with Crippen LogP contribution in [0.2, 0.25) is 10.0 Å². The maximum atomic E-state index is 11.3. The zero-order chi connectivity index (χ0) is 15.4. The van der Waals surface area contributed by atoms with Crippen molar-refractivity contribution in [1.29, 1.82) is 0 Å². The quantitative estimate of drug-likeness (QED) is 0.735. The highest BCUT2D eigenvalue weighted by Crippen LogP contribution is 2.38. The number of benzene rings is 2. The van der Waals surface area contributed by atoms with E-state index in [9.17, 15) is 4.79 Å². The Kier molecular flexibility index (Phi) is 5.10. The summed E-state index contributed by atoms with van der Waals surface area (Å²) in [4.78, 5) is 11.3. The Labute approximate surface area is 133 Å². The maximum Gasteiger partial charge on any atom is 0.150 e. The standard InChI is InChI=1S/C16H14Cl2O3/c1-3-21-16-8-14(17)13(7-15(16)18)12-5-4-11(20-2)6-10(12)9-19/h4-9H,3H2,1-2H3. The van der Waals surface area contributed by atoms with Gasteiger partial charge in [0.15, 0.2) is 6.29 Å². The average Bonchev–Trinajstić information content (AvgIpc) is 2.50. The van der Waals surface area contributed by atoms with E-state index in [1.54, 1.807) is 37.4 Å². The second-order valence-electron chi connectivity index (χ2n) is 4.27. The zero-order valence-electron chi connectivity index (χ0n) is 11.7. The molecule has 2 aromatic carbocycles. The normalized spacial score (nSPS) is 10.3. The smallest absolute Gasteiger partial charge is 0.150 e. The number of hydrogen-bond donors (Lipinski definition) is 0. The van der Waals surface area contributed by atoms with E-state index in [2.05, 4.69) is 0 Å². The van der Waals surface area contributed by atoms with Crippen LogP contribution in [0.1, 0.15) is 17.3 Å². The lowest BCUT2D eigenvalue weighted by atomic mass is 10.00. The van der Waals surface area contributed by atoms with Crippen molar-refractivity contribution in [3.63, 3.8) is 0 Å². The van der Waals surface area contributed by atoms with Gasteiger partial charge >= 0.3 is 0 Å². The summed E-state index contributed by atoms with van der Waals surface area (Å²) < 4.78 is 10.5. The molecule has 0 spiro atoms. The van der Waals surface area contributed by atoms with Crippen LogP contribution in [0.4, 0.5) is 0 Å². The molecule has 0 amide bonds. The lowest BCUT2D eigenvalue weighted by Crippen LogP contribution is -1.95. The van der Waals surface area contributed by atoms with Crippen LogP contribution in [0.3, 0.4) is 0 Å². The lowest BCUT2D eigenvalue weighted by Gasteiger charge is -2.12. The van der Waals surface area contributed by atoms with Crippen LogP contribution in [0.5, 0.6) is 11.5 Å². The predicted molar refractivity (Wildman–Crippen MR) is 85.0 cm³/mol. The van der Waals surface area contributed by atoms with E-state index in [0.29, 0.717) is 44.8 Å². The predicted octanol–water partition coefficient (Wildman–Crippen LogP) is 4.88. The highest BCUT2D eigenvalue weighted by Gasteiger charge is 2.13. The summed E-state index contributed by atoms with van der Waals surface area (Å²) in [6.45, 7) is 2.36. The molecule has 0 aliphatic carbocycles. The molecule has 5 heteroatoms. The number of rotatable bonds is 5. The molecule has 0 radical (unpaired) electrons. The number of hydrogen-bond acceptors (Lipinski definition) is 3. The van der Waals surface area contributed by atoms with Crippen LogP contribution < -0.4 is 9.47 Å². The molecule has 0 bridgehead atoms. The van der Waals surface area contributed by atoms with E-state index in [1.165, 1.54) is 0 Å². The van der Waals surface area contributed by atoms with Crippen molar-refractivity contribution in [2.24, 2.45) is 0 Å². The molecule has 0 aromatic heterocycles. The van der Waals surface area contributed by atoms with Crippen LogP contribution in [-0.4, -0.2) is 20.0 Å². The second kappa shape index (κ2) is 6.83. The Morgan fingerprint density at radius 3 is 2.48 bits per heavy atom. The van der Waals surface area contributed by atoms with Gasteiger partial charge in [-0.25, -0.2) is 0 Å². The van der Waals surface area contributed by atoms with Gasteiger partial charge in [-0.3, -0.25) is 4.79 Å². The minimum atomic E-state index is 0.448. The number of carbonyl (C=O) groups excluding carboxylic acids is 1. The molecule has 21 heavy (non-hydrogen) atoms. The Bertz CT molecular complexity index is 669. The van der Waals surface area contributed by atoms with Gasteiger partial charge in [0.05, 0.1) is 23.8 Å². The molecule has 0 atom stereocenters. The van der Waals surface area contributed by atoms with E-state index in [1.807, 2.05) is 6.92 Å². The largest absolute Gasteiger partial charge is 0.497 e. The first-order valence-corrected chi connectivity index (χ1v) is 7.11. The van der Waals surface area contributed by atoms with E-state index >= 15 is 0 Å². The van der Waals surface area contributed by atoms with E-state index in [-0.39, 0.29) is 0 Å². The molecule has 0 aliphatic heterocycles. The molecular weight excluding hydrogens is 311 g/mol. The van der Waals surface area contributed by atoms with Gasteiger partial charge in [0.25, 0.3) is 0 Å². The molecule has 2 aromatic rings. The van der Waals surface area contributed by atoms with Crippen LogP contribution >= 0.6 is 23.2 Å². The number of aldehydes is 1. The SMILES string of the molecule is CCOc1cc(Cl)c(-c2ccc(OC)cc2C=O)cc1Cl. The van der Waals surface area contributed by atoms with E-state index < -0.39 is 0 Å². The second-order valence-corrected chi connectivity index (χ2v) is 5.08. The molecule has 2 rings (SSSR count). The minimum Gasteiger partial charge on any atom is -0.497 e. The van der Waals surface area contributed by atoms with Gasteiger partial charge in [0, 0.05) is 17.2 Å². The Morgan fingerprint density at radius 1 is 1.10 bits per heavy atom. The topological polar surface area (TPSA) is 35.5 Å². The third-order valence-electron chi connectivity index (χ3n) is 3.00. The number of methoxy groups -OCH3 is 1. The first-order valence-electron chi connectivity index (χ1n) is 6.36. The van der Waals surface area contributed by atoms with Gasteiger partial charge in [-0.2, -0.15) is 0 Å². The lowest BCUT2D eigenvalue weighted by molar-refractivity contribution is 0.112. The van der Waals surface area contributed by atoms with Crippen molar-refractivity contribution >= 4 is 29.5 Å². The van der Waals surface area contributed by atoms with E-state index in [0.717, 1.165) is 6.29 Å². The van der Waals surface area contributed by atoms with Crippen LogP contribution in [0.15, 0.2) is 30.3 Å². The highest BCUT2D eigenvalue weighted by atomic mass is 35.5. The summed E-state index contributed by atoms with van der Waals surface area (Å²) >= 11 is 12.5. The van der Waals surface area contributed by atoms with Gasteiger partial charge in [-0.05, 0) is 36.8 Å². The summed E-state index contributed by atoms with van der Waals surface area (Å²) in [6, 6.07) is 8.55. The van der Waals surface area contributed by atoms with Gasteiger partial charge < -0.3 is 9.47 Å². The van der Waals surface area contributed by atoms with Crippen molar-refractivity contribution < 1.29 is 14.3 Å². The van der Waals surface area contributed by atoms with Crippen LogP contribution in [0, 0.1) is 0 Å². The van der Waals surface area contributed by atoms with Gasteiger partial charge in [0.1, 0.15) is 11.5 Å². The Balaban J connectivity index is 2.56. The third-order valence-corrected chi connectivity index (χ3v) is 3.61. The van der Waals surface area contributed by atoms with Crippen LogP contribution in [0.25, 0.3) is 11.1 Å². The van der Waals surface area contributed by atoms with Gasteiger partial charge in [-0.1, -0.05) is 23.2 Å². The summed E-state index contributed by atoms with van der Waals surface area (Å²) in [6.07, 6.45) is 0.762. The van der Waals surface area contributed by atoms with Gasteiger partial charge in [0.2, 0.25) is 0 Å². The zero-order valence-corrected chi connectivity index (χ0v) is 13.2. The third kappa shape index (κ3) is 3.31. The van der Waals surface area contributed by atoms with Gasteiger partial charge in [-0.15, -0.1) is 0 Å². The molecule has 0 saturated carbocycles. The van der Waals surface area contributed by atoms with Crippen molar-refractivity contribution in [1.82, 2.24) is 0 Å². The summed E-state index contributed by atoms with van der Waals surface area (Å²) in [5.74, 6) is 1.13. The number of halogens is 2. The van der Waals surface area contributed by atoms with E-state index in [4.69, 9.17) is 32.7 Å². The fraction of sp³-hybridized carbons (Fsp3) is 0.188. The Morgan fingerprint density at radius 2 is 1.86 bits per heavy atom. The summed E-state index contributed by atoms with van der Waals surface area (Å²) in [5, 5.41) is 0.917. The molecule has 0 unspecified atom stereocenters. The molecule has 0 N–H and O–H groups in total. The monoisotopic (exact) mass is 324 g/mol. The molecular formula is C16H14Cl2O3. The summed E-state index contributed by atoms with van der Waals surface area (Å²) in [5.41, 5.74) is 1.85.